The minimum absolute atomic E-state index is 0.124. The monoisotopic (exact) mass is 492 g/mol. The van der Waals surface area contributed by atoms with Crippen LogP contribution in [0, 0.1) is 5.41 Å². The quantitative estimate of drug-likeness (QED) is 0.360. The molecular weight excluding hydrogens is 463 g/mol. The molecule has 0 aliphatic carbocycles. The van der Waals surface area contributed by atoms with Crippen LogP contribution in [0.5, 0.6) is 0 Å². The summed E-state index contributed by atoms with van der Waals surface area (Å²) in [6.07, 6.45) is 3.34. The number of hydrogen-bond acceptors (Lipinski definition) is 3. The number of hydrogen-bond donors (Lipinski definition) is 3. The smallest absolute Gasteiger partial charge is 0.326 e. The summed E-state index contributed by atoms with van der Waals surface area (Å²) in [6.45, 7) is 5.87. The van der Waals surface area contributed by atoms with Gasteiger partial charge >= 0.3 is 5.97 Å². The van der Waals surface area contributed by atoms with E-state index in [1.807, 2.05) is 13.8 Å². The van der Waals surface area contributed by atoms with Crippen molar-refractivity contribution < 1.29 is 19.5 Å². The lowest BCUT2D eigenvalue weighted by Gasteiger charge is -2.28. The van der Waals surface area contributed by atoms with Crippen LogP contribution >= 0.6 is 23.2 Å². The Morgan fingerprint density at radius 2 is 1.64 bits per heavy atom. The number of aliphatic carboxylic acids is 1. The van der Waals surface area contributed by atoms with Gasteiger partial charge in [-0.3, -0.25) is 9.59 Å². The molecule has 6 nitrogen and oxygen atoms in total. The fraction of sp³-hybridized carbons (Fsp3) is 0.400. The van der Waals surface area contributed by atoms with Gasteiger partial charge in [-0.1, -0.05) is 75.0 Å². The van der Waals surface area contributed by atoms with E-state index >= 15 is 0 Å². The van der Waals surface area contributed by atoms with Crippen LogP contribution in [0.1, 0.15) is 62.4 Å². The average Bonchev–Trinajstić information content (AvgIpc) is 2.77. The lowest BCUT2D eigenvalue weighted by molar-refractivity contribution is -0.143. The normalized spacial score (nSPS) is 13.6. The molecule has 2 aromatic carbocycles. The summed E-state index contributed by atoms with van der Waals surface area (Å²) in [4.78, 5) is 37.2. The molecule has 2 amide bonds. The second-order valence-corrected chi connectivity index (χ2v) is 9.15. The van der Waals surface area contributed by atoms with E-state index in [1.54, 1.807) is 42.5 Å². The van der Waals surface area contributed by atoms with Gasteiger partial charge in [-0.15, -0.1) is 0 Å². The van der Waals surface area contributed by atoms with Gasteiger partial charge in [0.2, 0.25) is 5.91 Å². The van der Waals surface area contributed by atoms with Gasteiger partial charge in [-0.05, 0) is 42.7 Å². The van der Waals surface area contributed by atoms with Crippen molar-refractivity contribution in [2.24, 2.45) is 5.41 Å². The van der Waals surface area contributed by atoms with Crippen molar-refractivity contribution in [3.63, 3.8) is 0 Å². The first-order valence-corrected chi connectivity index (χ1v) is 11.7. The lowest BCUT2D eigenvalue weighted by Crippen LogP contribution is -2.48. The van der Waals surface area contributed by atoms with Gasteiger partial charge in [-0.25, -0.2) is 4.79 Å². The Bertz CT molecular complexity index is 974. The minimum Gasteiger partial charge on any atom is -0.480 e. The van der Waals surface area contributed by atoms with Crippen LogP contribution in [0.15, 0.2) is 42.5 Å². The molecule has 0 bridgehead atoms. The molecule has 0 saturated heterocycles. The van der Waals surface area contributed by atoms with Crippen molar-refractivity contribution in [1.29, 1.82) is 0 Å². The molecule has 0 spiro atoms. The molecule has 0 saturated carbocycles. The van der Waals surface area contributed by atoms with Crippen LogP contribution in [0.3, 0.4) is 0 Å². The molecule has 0 heterocycles. The molecule has 178 valence electrons. The van der Waals surface area contributed by atoms with Crippen molar-refractivity contribution >= 4 is 46.7 Å². The third-order valence-electron chi connectivity index (χ3n) is 5.86. The summed E-state index contributed by atoms with van der Waals surface area (Å²) in [6, 6.07) is 10.5. The summed E-state index contributed by atoms with van der Waals surface area (Å²) in [5.41, 5.74) is 0.801. The van der Waals surface area contributed by atoms with Crippen LogP contribution in [-0.4, -0.2) is 28.9 Å². The van der Waals surface area contributed by atoms with E-state index in [9.17, 15) is 19.5 Å². The minimum atomic E-state index is -1.09. The number of carbonyl (C=O) groups excluding carboxylic acids is 2. The molecule has 0 fully saturated rings. The fourth-order valence-corrected chi connectivity index (χ4v) is 3.99. The zero-order valence-electron chi connectivity index (χ0n) is 19.1. The summed E-state index contributed by atoms with van der Waals surface area (Å²) in [5, 5.41) is 15.6. The fourth-order valence-electron chi connectivity index (χ4n) is 3.42. The Kier molecular flexibility index (Phi) is 9.74. The highest BCUT2D eigenvalue weighted by atomic mass is 35.5. The average molecular weight is 493 g/mol. The maximum Gasteiger partial charge on any atom is 0.326 e. The third-order valence-corrected chi connectivity index (χ3v) is 6.49. The second-order valence-electron chi connectivity index (χ2n) is 8.33. The summed E-state index contributed by atoms with van der Waals surface area (Å²) in [5.74, 6) is -1.78. The lowest BCUT2D eigenvalue weighted by atomic mass is 9.81. The third kappa shape index (κ3) is 7.21. The topological polar surface area (TPSA) is 95.5 Å². The van der Waals surface area contributed by atoms with Crippen molar-refractivity contribution in [1.82, 2.24) is 5.32 Å². The molecule has 1 unspecified atom stereocenters. The predicted molar refractivity (Wildman–Crippen MR) is 132 cm³/mol. The molecule has 0 aliphatic rings. The number of rotatable bonds is 11. The number of carbonyl (C=O) groups is 3. The summed E-state index contributed by atoms with van der Waals surface area (Å²) in [7, 11) is 0. The van der Waals surface area contributed by atoms with Crippen LogP contribution in [0.4, 0.5) is 5.69 Å². The standard InChI is InChI=1S/C25H30Cl2N2O4/c1-4-6-14-25(3,5-2)24(33)29-20(23(31)32)15-16-10-12-17(13-11-16)28-22(30)21-18(26)8-7-9-19(21)27/h7-13,20H,4-6,14-15H2,1-3H3,(H,28,30)(H,29,33)(H,31,32)/t20-,25?/m0/s1. The number of carboxylic acid groups (broad SMARTS) is 1. The molecule has 0 radical (unpaired) electrons. The van der Waals surface area contributed by atoms with E-state index < -0.39 is 23.3 Å². The Morgan fingerprint density at radius 1 is 1.03 bits per heavy atom. The largest absolute Gasteiger partial charge is 0.480 e. The van der Waals surface area contributed by atoms with E-state index in [1.165, 1.54) is 0 Å². The molecule has 0 aromatic heterocycles. The molecule has 2 aromatic rings. The molecular formula is C25H30Cl2N2O4. The zero-order chi connectivity index (χ0) is 24.6. The van der Waals surface area contributed by atoms with E-state index in [2.05, 4.69) is 17.6 Å². The van der Waals surface area contributed by atoms with Crippen LogP contribution < -0.4 is 10.6 Å². The maximum atomic E-state index is 12.8. The number of carboxylic acids is 1. The van der Waals surface area contributed by atoms with E-state index in [0.29, 0.717) is 24.1 Å². The Hall–Kier alpha value is -2.57. The number of benzene rings is 2. The highest BCUT2D eigenvalue weighted by molar-refractivity contribution is 6.40. The first kappa shape index (κ1) is 26.7. The molecule has 2 rings (SSSR count). The van der Waals surface area contributed by atoms with Gasteiger partial charge in [0.25, 0.3) is 5.91 Å². The molecule has 8 heteroatoms. The molecule has 33 heavy (non-hydrogen) atoms. The van der Waals surface area contributed by atoms with Gasteiger partial charge < -0.3 is 15.7 Å². The summed E-state index contributed by atoms with van der Waals surface area (Å²) < 4.78 is 0. The van der Waals surface area contributed by atoms with Gasteiger partial charge in [0.05, 0.1) is 15.6 Å². The number of amides is 2. The predicted octanol–water partition coefficient (Wildman–Crippen LogP) is 5.96. The SMILES string of the molecule is CCCCC(C)(CC)C(=O)N[C@@H](Cc1ccc(NC(=O)c2c(Cl)cccc2Cl)cc1)C(=O)O. The van der Waals surface area contributed by atoms with Gasteiger partial charge in [0, 0.05) is 17.5 Å². The summed E-state index contributed by atoms with van der Waals surface area (Å²) >= 11 is 12.2. The Labute approximate surface area is 204 Å². The van der Waals surface area contributed by atoms with Gasteiger partial charge in [0.1, 0.15) is 6.04 Å². The van der Waals surface area contributed by atoms with Crippen LogP contribution in [0.25, 0.3) is 0 Å². The second kappa shape index (κ2) is 12.1. The Morgan fingerprint density at radius 3 is 2.15 bits per heavy atom. The number of halogens is 2. The molecule has 2 atom stereocenters. The first-order chi connectivity index (χ1) is 15.6. The van der Waals surface area contributed by atoms with Gasteiger partial charge in [0.15, 0.2) is 0 Å². The van der Waals surface area contributed by atoms with Crippen molar-refractivity contribution in [2.75, 3.05) is 5.32 Å². The van der Waals surface area contributed by atoms with Gasteiger partial charge in [-0.2, -0.15) is 0 Å². The number of anilines is 1. The number of nitrogens with one attached hydrogen (secondary N) is 2. The van der Waals surface area contributed by atoms with Crippen LogP contribution in [-0.2, 0) is 16.0 Å². The highest BCUT2D eigenvalue weighted by Crippen LogP contribution is 2.29. The zero-order valence-corrected chi connectivity index (χ0v) is 20.6. The molecule has 0 aliphatic heterocycles. The van der Waals surface area contributed by atoms with E-state index in [-0.39, 0.29) is 27.9 Å². The maximum absolute atomic E-state index is 12.8. The first-order valence-electron chi connectivity index (χ1n) is 11.0. The van der Waals surface area contributed by atoms with E-state index in [0.717, 1.165) is 12.8 Å². The molecule has 3 N–H and O–H groups in total. The van der Waals surface area contributed by atoms with E-state index in [4.69, 9.17) is 23.2 Å². The van der Waals surface area contributed by atoms with Crippen molar-refractivity contribution in [2.45, 2.75) is 58.9 Å². The van der Waals surface area contributed by atoms with Crippen molar-refractivity contribution in [3.05, 3.63) is 63.6 Å². The van der Waals surface area contributed by atoms with Crippen LogP contribution in [0.2, 0.25) is 10.0 Å². The van der Waals surface area contributed by atoms with Crippen molar-refractivity contribution in [3.8, 4) is 0 Å². The Balaban J connectivity index is 2.07. The highest BCUT2D eigenvalue weighted by Gasteiger charge is 2.33. The number of unbranched alkanes of at least 4 members (excludes halogenated alkanes) is 1.